The quantitative estimate of drug-likeness (QED) is 0.841. The van der Waals surface area contributed by atoms with E-state index in [1.54, 1.807) is 29.4 Å². The van der Waals surface area contributed by atoms with Crippen LogP contribution >= 0.6 is 0 Å². The van der Waals surface area contributed by atoms with E-state index in [-0.39, 0.29) is 18.5 Å². The Morgan fingerprint density at radius 3 is 2.85 bits per heavy atom. The highest BCUT2D eigenvalue weighted by Gasteiger charge is 2.35. The first-order chi connectivity index (χ1) is 13.1. The topological polar surface area (TPSA) is 91.3 Å². The van der Waals surface area contributed by atoms with Gasteiger partial charge in [0.2, 0.25) is 0 Å². The minimum absolute atomic E-state index is 0.0110. The summed E-state index contributed by atoms with van der Waals surface area (Å²) in [6.45, 7) is 4.33. The fourth-order valence-corrected chi connectivity index (χ4v) is 3.20. The molecule has 1 aliphatic heterocycles. The molecule has 3 amide bonds. The van der Waals surface area contributed by atoms with Crippen molar-refractivity contribution in [3.63, 3.8) is 0 Å². The van der Waals surface area contributed by atoms with Crippen LogP contribution < -0.4 is 10.2 Å². The maximum absolute atomic E-state index is 12.6. The number of nitrogens with zero attached hydrogens (tertiary/aromatic N) is 5. The van der Waals surface area contributed by atoms with Crippen molar-refractivity contribution in [2.24, 2.45) is 5.92 Å². The second-order valence-corrected chi connectivity index (χ2v) is 7.02. The van der Waals surface area contributed by atoms with Crippen LogP contribution in [0.1, 0.15) is 34.6 Å². The highest BCUT2D eigenvalue weighted by Crippen LogP contribution is 2.31. The maximum Gasteiger partial charge on any atom is 0.325 e. The van der Waals surface area contributed by atoms with Gasteiger partial charge in [0.1, 0.15) is 0 Å². The number of hydrogen-bond acceptors (Lipinski definition) is 5. The van der Waals surface area contributed by atoms with Crippen molar-refractivity contribution in [2.45, 2.75) is 26.3 Å². The van der Waals surface area contributed by atoms with Crippen molar-refractivity contribution < 1.29 is 9.59 Å². The van der Waals surface area contributed by atoms with Crippen LogP contribution in [0, 0.1) is 12.8 Å². The number of aromatic nitrogens is 3. The lowest BCUT2D eigenvalue weighted by Gasteiger charge is -2.19. The third-order valence-electron chi connectivity index (χ3n) is 4.85. The molecule has 140 valence electrons. The van der Waals surface area contributed by atoms with Crippen LogP contribution in [0.2, 0.25) is 0 Å². The van der Waals surface area contributed by atoms with Crippen LogP contribution in [-0.4, -0.2) is 51.4 Å². The maximum atomic E-state index is 12.6. The smallest absolute Gasteiger partial charge is 0.325 e. The van der Waals surface area contributed by atoms with E-state index in [9.17, 15) is 9.59 Å². The molecular weight excluding hydrogens is 344 g/mol. The summed E-state index contributed by atoms with van der Waals surface area (Å²) in [5.41, 5.74) is 1.83. The third-order valence-corrected chi connectivity index (χ3v) is 4.85. The van der Waals surface area contributed by atoms with Gasteiger partial charge in [0.25, 0.3) is 5.91 Å². The van der Waals surface area contributed by atoms with Crippen LogP contribution in [0.3, 0.4) is 0 Å². The van der Waals surface area contributed by atoms with Gasteiger partial charge in [-0.25, -0.2) is 9.78 Å². The predicted octanol–water partition coefficient (Wildman–Crippen LogP) is 1.76. The van der Waals surface area contributed by atoms with Gasteiger partial charge in [-0.05, 0) is 37.8 Å². The summed E-state index contributed by atoms with van der Waals surface area (Å²) >= 11 is 0. The molecule has 3 heterocycles. The van der Waals surface area contributed by atoms with E-state index in [2.05, 4.69) is 20.3 Å². The first-order valence-corrected chi connectivity index (χ1v) is 9.19. The highest BCUT2D eigenvalue weighted by atomic mass is 16.2. The number of hydrogen-bond donors (Lipinski definition) is 1. The minimum Gasteiger partial charge on any atom is -0.346 e. The molecule has 0 unspecified atom stereocenters. The van der Waals surface area contributed by atoms with Gasteiger partial charge in [0, 0.05) is 32.0 Å². The SMILES string of the molecule is Cc1nc(CNC(=O)c2cccnc2)cnc1N1CCN(CC2CC2)C1=O. The summed E-state index contributed by atoms with van der Waals surface area (Å²) < 4.78 is 0. The van der Waals surface area contributed by atoms with Crippen molar-refractivity contribution in [2.75, 3.05) is 24.5 Å². The molecule has 1 aliphatic carbocycles. The molecule has 0 spiro atoms. The van der Waals surface area contributed by atoms with E-state index >= 15 is 0 Å². The molecule has 1 saturated carbocycles. The molecule has 8 nitrogen and oxygen atoms in total. The molecule has 8 heteroatoms. The lowest BCUT2D eigenvalue weighted by Crippen LogP contribution is -2.34. The van der Waals surface area contributed by atoms with Crippen molar-refractivity contribution in [1.29, 1.82) is 0 Å². The molecular formula is C19H22N6O2. The van der Waals surface area contributed by atoms with Gasteiger partial charge in [-0.3, -0.25) is 19.7 Å². The molecule has 2 aliphatic rings. The van der Waals surface area contributed by atoms with Gasteiger partial charge in [-0.1, -0.05) is 0 Å². The summed E-state index contributed by atoms with van der Waals surface area (Å²) in [6, 6.07) is 3.43. The third kappa shape index (κ3) is 3.89. The Kier molecular flexibility index (Phi) is 4.70. The van der Waals surface area contributed by atoms with E-state index in [1.807, 2.05) is 11.8 Å². The first kappa shape index (κ1) is 17.4. The van der Waals surface area contributed by atoms with Crippen molar-refractivity contribution in [3.8, 4) is 0 Å². The second-order valence-electron chi connectivity index (χ2n) is 7.02. The van der Waals surface area contributed by atoms with E-state index in [4.69, 9.17) is 0 Å². The van der Waals surface area contributed by atoms with E-state index in [0.717, 1.165) is 13.1 Å². The zero-order chi connectivity index (χ0) is 18.8. The summed E-state index contributed by atoms with van der Waals surface area (Å²) in [6.07, 6.45) is 7.20. The number of carbonyl (C=O) groups excluding carboxylic acids is 2. The van der Waals surface area contributed by atoms with Crippen molar-refractivity contribution >= 4 is 17.8 Å². The number of aryl methyl sites for hydroxylation is 1. The van der Waals surface area contributed by atoms with Crippen LogP contribution in [0.4, 0.5) is 10.6 Å². The largest absolute Gasteiger partial charge is 0.346 e. The molecule has 2 fully saturated rings. The average Bonchev–Trinajstić information content (AvgIpc) is 3.44. The van der Waals surface area contributed by atoms with Crippen LogP contribution in [0.15, 0.2) is 30.7 Å². The number of rotatable bonds is 6. The number of carbonyl (C=O) groups is 2. The summed E-state index contributed by atoms with van der Waals surface area (Å²) in [4.78, 5) is 41.2. The number of pyridine rings is 1. The Morgan fingerprint density at radius 1 is 1.30 bits per heavy atom. The van der Waals surface area contributed by atoms with Gasteiger partial charge >= 0.3 is 6.03 Å². The Bertz CT molecular complexity index is 853. The molecule has 0 aromatic carbocycles. The molecule has 4 rings (SSSR count). The molecule has 0 atom stereocenters. The van der Waals surface area contributed by atoms with Crippen molar-refractivity contribution in [3.05, 3.63) is 47.7 Å². The molecule has 2 aromatic rings. The van der Waals surface area contributed by atoms with E-state index in [0.29, 0.717) is 35.2 Å². The van der Waals surface area contributed by atoms with E-state index in [1.165, 1.54) is 19.0 Å². The van der Waals surface area contributed by atoms with Gasteiger partial charge in [0.05, 0.1) is 29.7 Å². The monoisotopic (exact) mass is 366 g/mol. The minimum atomic E-state index is -0.211. The first-order valence-electron chi connectivity index (χ1n) is 9.19. The molecule has 2 aromatic heterocycles. The molecule has 27 heavy (non-hydrogen) atoms. The highest BCUT2D eigenvalue weighted by molar-refractivity contribution is 5.94. The molecule has 0 bridgehead atoms. The zero-order valence-corrected chi connectivity index (χ0v) is 15.3. The normalized spacial score (nSPS) is 16.7. The van der Waals surface area contributed by atoms with Crippen LogP contribution in [0.5, 0.6) is 0 Å². The Labute approximate surface area is 157 Å². The summed E-state index contributed by atoms with van der Waals surface area (Å²) in [5, 5.41) is 2.81. The van der Waals surface area contributed by atoms with Crippen molar-refractivity contribution in [1.82, 2.24) is 25.2 Å². The van der Waals surface area contributed by atoms with Crippen LogP contribution in [0.25, 0.3) is 0 Å². The van der Waals surface area contributed by atoms with Gasteiger partial charge in [-0.2, -0.15) is 0 Å². The number of urea groups is 1. The second kappa shape index (κ2) is 7.30. The number of anilines is 1. The lowest BCUT2D eigenvalue weighted by atomic mass is 10.2. The van der Waals surface area contributed by atoms with Gasteiger partial charge in [-0.15, -0.1) is 0 Å². The fraction of sp³-hybridized carbons (Fsp3) is 0.421. The summed E-state index contributed by atoms with van der Waals surface area (Å²) in [7, 11) is 0. The predicted molar refractivity (Wildman–Crippen MR) is 99.2 cm³/mol. The van der Waals surface area contributed by atoms with Crippen LogP contribution in [-0.2, 0) is 6.54 Å². The Hall–Kier alpha value is -3.03. The Balaban J connectivity index is 1.39. The summed E-state index contributed by atoms with van der Waals surface area (Å²) in [5.74, 6) is 1.06. The number of amides is 3. The lowest BCUT2D eigenvalue weighted by molar-refractivity contribution is 0.0950. The molecule has 1 N–H and O–H groups in total. The average molecular weight is 366 g/mol. The zero-order valence-electron chi connectivity index (χ0n) is 15.3. The Morgan fingerprint density at radius 2 is 2.15 bits per heavy atom. The standard InChI is InChI=1S/C19H22N6O2/c1-13-17(25-8-7-24(19(25)27)12-14-4-5-14)21-10-16(23-13)11-22-18(26)15-3-2-6-20-9-15/h2-3,6,9-10,14H,4-5,7-8,11-12H2,1H3,(H,22,26). The van der Waals surface area contributed by atoms with Gasteiger partial charge < -0.3 is 10.2 Å². The molecule has 1 saturated heterocycles. The fourth-order valence-electron chi connectivity index (χ4n) is 3.20. The van der Waals surface area contributed by atoms with Gasteiger partial charge in [0.15, 0.2) is 5.82 Å². The van der Waals surface area contributed by atoms with E-state index < -0.39 is 0 Å². The molecule has 0 radical (unpaired) electrons. The number of nitrogens with one attached hydrogen (secondary N) is 1.